The van der Waals surface area contributed by atoms with Crippen LogP contribution < -0.4 is 0 Å². The first kappa shape index (κ1) is 13.6. The molecule has 2 heterocycles. The third kappa shape index (κ3) is 2.13. The van der Waals surface area contributed by atoms with Gasteiger partial charge in [0.05, 0.1) is 30.6 Å². The molecule has 0 unspecified atom stereocenters. The highest BCUT2D eigenvalue weighted by atomic mass is 16.5. The molecule has 1 fully saturated rings. The van der Waals surface area contributed by atoms with E-state index < -0.39 is 0 Å². The molecule has 3 rings (SSSR count). The number of carbonyl (C=O) groups is 1. The molecule has 0 spiro atoms. The third-order valence-corrected chi connectivity index (χ3v) is 4.45. The topological polar surface area (TPSA) is 67.6 Å². The fourth-order valence-electron chi connectivity index (χ4n) is 3.27. The summed E-state index contributed by atoms with van der Waals surface area (Å²) in [6.07, 6.45) is 3.60. The van der Waals surface area contributed by atoms with Crippen LogP contribution in [0.1, 0.15) is 30.1 Å². The second kappa shape index (κ2) is 5.18. The minimum atomic E-state index is -0.304. The molecule has 1 saturated carbocycles. The van der Waals surface area contributed by atoms with Gasteiger partial charge in [-0.25, -0.2) is 0 Å². The van der Waals surface area contributed by atoms with Gasteiger partial charge in [0.15, 0.2) is 0 Å². The molecule has 0 saturated heterocycles. The van der Waals surface area contributed by atoms with Gasteiger partial charge < -0.3 is 14.7 Å². The minimum Gasteiger partial charge on any atom is -0.393 e. The Bertz CT molecular complexity index is 508. The second-order valence-corrected chi connectivity index (χ2v) is 5.75. The molecule has 20 heavy (non-hydrogen) atoms. The molecule has 0 radical (unpaired) electrons. The maximum absolute atomic E-state index is 12.6. The molecule has 0 bridgehead atoms. The average Bonchev–Trinajstić information content (AvgIpc) is 2.77. The number of aromatic nitrogens is 2. The highest BCUT2D eigenvalue weighted by Crippen LogP contribution is 2.35. The minimum absolute atomic E-state index is 0.0286. The van der Waals surface area contributed by atoms with Crippen molar-refractivity contribution < 1.29 is 14.6 Å². The number of hydrogen-bond donors (Lipinski definition) is 1. The number of aliphatic hydroxyl groups is 1. The molecule has 6 nitrogen and oxygen atoms in total. The van der Waals surface area contributed by atoms with E-state index in [1.807, 2.05) is 22.8 Å². The lowest BCUT2D eigenvalue weighted by Gasteiger charge is -2.41. The number of carbonyl (C=O) groups excluding carboxylic acids is 1. The quantitative estimate of drug-likeness (QED) is 0.862. The van der Waals surface area contributed by atoms with Gasteiger partial charge in [0.25, 0.3) is 0 Å². The molecular weight excluding hydrogens is 258 g/mol. The average molecular weight is 279 g/mol. The van der Waals surface area contributed by atoms with Crippen LogP contribution in [0, 0.1) is 5.92 Å². The first-order valence-electron chi connectivity index (χ1n) is 7.10. The van der Waals surface area contributed by atoms with Crippen LogP contribution in [0.5, 0.6) is 0 Å². The number of fused-ring (bicyclic) bond motifs is 1. The molecule has 1 N–H and O–H groups in total. The number of rotatable bonds is 3. The third-order valence-electron chi connectivity index (χ3n) is 4.45. The van der Waals surface area contributed by atoms with Gasteiger partial charge in [0.1, 0.15) is 0 Å². The van der Waals surface area contributed by atoms with Gasteiger partial charge in [0, 0.05) is 26.6 Å². The Labute approximate surface area is 118 Å². The molecule has 1 aliphatic heterocycles. The van der Waals surface area contributed by atoms with Gasteiger partial charge in [0.2, 0.25) is 5.91 Å². The molecule has 110 valence electrons. The summed E-state index contributed by atoms with van der Waals surface area (Å²) in [6, 6.07) is -0.0681. The molecule has 0 aromatic carbocycles. The van der Waals surface area contributed by atoms with E-state index in [2.05, 4.69) is 5.10 Å². The zero-order valence-corrected chi connectivity index (χ0v) is 12.0. The van der Waals surface area contributed by atoms with Crippen LogP contribution in [-0.4, -0.2) is 52.1 Å². The highest BCUT2D eigenvalue weighted by Gasteiger charge is 2.40. The smallest absolute Gasteiger partial charge is 0.226 e. The normalized spacial score (nSPS) is 28.9. The standard InChI is InChI=1S/C14H21N3O3/c1-16-13-9(7-15-16)3-4-17(12(13)8-20-2)14(19)10-5-11(18)6-10/h7,10-12,18H,3-6,8H2,1-2H3/t10?,11?,12-/m1/s1. The van der Waals surface area contributed by atoms with Crippen LogP contribution in [-0.2, 0) is 23.0 Å². The van der Waals surface area contributed by atoms with E-state index in [9.17, 15) is 9.90 Å². The van der Waals surface area contributed by atoms with E-state index in [1.54, 1.807) is 7.11 Å². The zero-order chi connectivity index (χ0) is 14.3. The second-order valence-electron chi connectivity index (χ2n) is 5.75. The molecule has 1 aliphatic carbocycles. The van der Waals surface area contributed by atoms with Gasteiger partial charge in [-0.15, -0.1) is 0 Å². The van der Waals surface area contributed by atoms with Crippen LogP contribution in [0.15, 0.2) is 6.20 Å². The number of amides is 1. The van der Waals surface area contributed by atoms with E-state index in [-0.39, 0.29) is 24.0 Å². The van der Waals surface area contributed by atoms with Gasteiger partial charge in [-0.1, -0.05) is 0 Å². The van der Waals surface area contributed by atoms with Gasteiger partial charge in [-0.05, 0) is 24.8 Å². The fourth-order valence-corrected chi connectivity index (χ4v) is 3.27. The summed E-state index contributed by atoms with van der Waals surface area (Å²) >= 11 is 0. The Kier molecular flexibility index (Phi) is 3.52. The lowest BCUT2D eigenvalue weighted by molar-refractivity contribution is -0.146. The molecule has 1 aromatic heterocycles. The summed E-state index contributed by atoms with van der Waals surface area (Å²) < 4.78 is 7.15. The van der Waals surface area contributed by atoms with Crippen LogP contribution in [0.4, 0.5) is 0 Å². The molecule has 6 heteroatoms. The van der Waals surface area contributed by atoms with Crippen molar-refractivity contribution in [2.45, 2.75) is 31.4 Å². The van der Waals surface area contributed by atoms with Gasteiger partial charge in [-0.3, -0.25) is 9.48 Å². The fraction of sp³-hybridized carbons (Fsp3) is 0.714. The SMILES string of the molecule is COC[C@@H]1c2c(cnn2C)CCN1C(=O)C1CC(O)C1. The van der Waals surface area contributed by atoms with Crippen LogP contribution in [0.3, 0.4) is 0 Å². The lowest BCUT2D eigenvalue weighted by atomic mass is 9.80. The Morgan fingerprint density at radius 2 is 2.30 bits per heavy atom. The monoisotopic (exact) mass is 279 g/mol. The van der Waals surface area contributed by atoms with E-state index in [1.165, 1.54) is 5.56 Å². The Morgan fingerprint density at radius 1 is 1.55 bits per heavy atom. The molecule has 1 atom stereocenters. The first-order valence-corrected chi connectivity index (χ1v) is 7.10. The predicted molar refractivity (Wildman–Crippen MR) is 72.0 cm³/mol. The molecule has 1 aromatic rings. The summed E-state index contributed by atoms with van der Waals surface area (Å²) in [4.78, 5) is 14.5. The largest absolute Gasteiger partial charge is 0.393 e. The summed E-state index contributed by atoms with van der Waals surface area (Å²) in [5.41, 5.74) is 2.28. The summed E-state index contributed by atoms with van der Waals surface area (Å²) in [7, 11) is 3.56. The van der Waals surface area contributed by atoms with E-state index in [0.29, 0.717) is 26.0 Å². The molecular formula is C14H21N3O3. The summed E-state index contributed by atoms with van der Waals surface area (Å²) in [5.74, 6) is 0.114. The predicted octanol–water partition coefficient (Wildman–Crippen LogP) is 0.263. The maximum atomic E-state index is 12.6. The van der Waals surface area contributed by atoms with E-state index in [0.717, 1.165) is 12.1 Å². The Morgan fingerprint density at radius 3 is 2.95 bits per heavy atom. The Balaban J connectivity index is 1.84. The van der Waals surface area contributed by atoms with E-state index in [4.69, 9.17) is 4.74 Å². The van der Waals surface area contributed by atoms with Crippen LogP contribution in [0.2, 0.25) is 0 Å². The summed E-state index contributed by atoms with van der Waals surface area (Å²) in [6.45, 7) is 1.19. The number of methoxy groups -OCH3 is 1. The first-order chi connectivity index (χ1) is 9.61. The number of aliphatic hydroxyl groups excluding tert-OH is 1. The maximum Gasteiger partial charge on any atom is 0.226 e. The number of nitrogens with zero attached hydrogens (tertiary/aromatic N) is 3. The van der Waals surface area contributed by atoms with Gasteiger partial charge in [-0.2, -0.15) is 5.10 Å². The van der Waals surface area contributed by atoms with Crippen molar-refractivity contribution in [3.8, 4) is 0 Å². The Hall–Kier alpha value is -1.40. The van der Waals surface area contributed by atoms with Crippen molar-refractivity contribution in [1.29, 1.82) is 0 Å². The molecule has 2 aliphatic rings. The highest BCUT2D eigenvalue weighted by molar-refractivity contribution is 5.80. The number of aryl methyl sites for hydroxylation is 1. The number of hydrogen-bond acceptors (Lipinski definition) is 4. The van der Waals surface area contributed by atoms with Crippen LogP contribution in [0.25, 0.3) is 0 Å². The number of ether oxygens (including phenoxy) is 1. The van der Waals surface area contributed by atoms with E-state index >= 15 is 0 Å². The summed E-state index contributed by atoms with van der Waals surface area (Å²) in [5, 5.41) is 13.7. The van der Waals surface area contributed by atoms with Crippen molar-refractivity contribution in [3.63, 3.8) is 0 Å². The van der Waals surface area contributed by atoms with Gasteiger partial charge >= 0.3 is 0 Å². The van der Waals surface area contributed by atoms with Crippen molar-refractivity contribution in [2.75, 3.05) is 20.3 Å². The zero-order valence-electron chi connectivity index (χ0n) is 12.0. The van der Waals surface area contributed by atoms with Crippen molar-refractivity contribution in [2.24, 2.45) is 13.0 Å². The molecule has 1 amide bonds. The lowest BCUT2D eigenvalue weighted by Crippen LogP contribution is -2.49. The van der Waals surface area contributed by atoms with Crippen LogP contribution >= 0.6 is 0 Å². The van der Waals surface area contributed by atoms with Crippen molar-refractivity contribution in [3.05, 3.63) is 17.5 Å². The van der Waals surface area contributed by atoms with Crippen molar-refractivity contribution >= 4 is 5.91 Å². The van der Waals surface area contributed by atoms with Crippen molar-refractivity contribution in [1.82, 2.24) is 14.7 Å².